The summed E-state index contributed by atoms with van der Waals surface area (Å²) in [5, 5.41) is 0.497. The lowest BCUT2D eigenvalue weighted by Crippen LogP contribution is -1.94. The van der Waals surface area contributed by atoms with Gasteiger partial charge in [0.15, 0.2) is 5.82 Å². The van der Waals surface area contributed by atoms with Crippen molar-refractivity contribution in [2.24, 2.45) is 0 Å². The Balaban J connectivity index is 2.40. The lowest BCUT2D eigenvalue weighted by molar-refractivity contribution is 0.876. The van der Waals surface area contributed by atoms with Crippen LogP contribution in [0.4, 0.5) is 0 Å². The van der Waals surface area contributed by atoms with Crippen molar-refractivity contribution in [3.8, 4) is 10.7 Å². The van der Waals surface area contributed by atoms with Crippen molar-refractivity contribution in [2.75, 3.05) is 0 Å². The molecule has 0 radical (unpaired) electrons. The molecule has 0 saturated heterocycles. The van der Waals surface area contributed by atoms with Crippen LogP contribution in [-0.2, 0) is 6.42 Å². The Hall–Kier alpha value is -1.00. The van der Waals surface area contributed by atoms with Crippen LogP contribution in [0.15, 0.2) is 17.8 Å². The van der Waals surface area contributed by atoms with E-state index in [0.717, 1.165) is 23.4 Å². The second-order valence-electron chi connectivity index (χ2n) is 3.12. The average Bonchev–Trinajstić information content (AvgIpc) is 2.70. The van der Waals surface area contributed by atoms with Crippen molar-refractivity contribution in [2.45, 2.75) is 19.8 Å². The molecular formula is C10H10ClN3S. The molecule has 0 unspecified atom stereocenters. The summed E-state index contributed by atoms with van der Waals surface area (Å²) in [5.74, 6) is 0.674. The molecule has 0 aliphatic carbocycles. The molecule has 78 valence electrons. The summed E-state index contributed by atoms with van der Waals surface area (Å²) in [6, 6.07) is 1.82. The predicted molar refractivity (Wildman–Crippen MR) is 62.1 cm³/mol. The minimum Gasteiger partial charge on any atom is -0.252 e. The fraction of sp³-hybridized carbons (Fsp3) is 0.300. The van der Waals surface area contributed by atoms with Crippen molar-refractivity contribution in [3.63, 3.8) is 0 Å². The minimum atomic E-state index is 0.497. The zero-order valence-electron chi connectivity index (χ0n) is 8.27. The molecule has 5 heteroatoms. The van der Waals surface area contributed by atoms with E-state index in [-0.39, 0.29) is 0 Å². The van der Waals surface area contributed by atoms with E-state index in [1.54, 1.807) is 11.7 Å². The zero-order chi connectivity index (χ0) is 10.7. The van der Waals surface area contributed by atoms with Gasteiger partial charge in [0.2, 0.25) is 0 Å². The number of nitrogens with zero attached hydrogens (tertiary/aromatic N) is 3. The maximum Gasteiger partial charge on any atom is 0.172 e. The summed E-state index contributed by atoms with van der Waals surface area (Å²) in [4.78, 5) is 13.6. The number of hydrogen-bond donors (Lipinski definition) is 0. The first-order valence-corrected chi connectivity index (χ1v) is 5.97. The average molecular weight is 240 g/mol. The Kier molecular flexibility index (Phi) is 3.28. The summed E-state index contributed by atoms with van der Waals surface area (Å²) in [7, 11) is 0. The molecule has 2 rings (SSSR count). The zero-order valence-corrected chi connectivity index (χ0v) is 9.85. The molecule has 0 aromatic carbocycles. The summed E-state index contributed by atoms with van der Waals surface area (Å²) >= 11 is 7.45. The summed E-state index contributed by atoms with van der Waals surface area (Å²) < 4.78 is 0. The number of halogens is 1. The van der Waals surface area contributed by atoms with Crippen LogP contribution in [0.25, 0.3) is 10.7 Å². The van der Waals surface area contributed by atoms with E-state index in [1.165, 1.54) is 11.3 Å². The Labute approximate surface area is 97.2 Å². The molecule has 0 aliphatic rings. The van der Waals surface area contributed by atoms with Gasteiger partial charge in [-0.15, -0.1) is 11.3 Å². The first kappa shape index (κ1) is 10.5. The highest BCUT2D eigenvalue weighted by atomic mass is 35.5. The van der Waals surface area contributed by atoms with Crippen LogP contribution in [0.5, 0.6) is 0 Å². The number of aryl methyl sites for hydroxylation is 1. The standard InChI is InChI=1S/C10H10ClN3S/c1-2-3-7-4-9(11)14-10(13-7)8-5-12-6-15-8/h4-6H,2-3H2,1H3. The molecule has 0 spiro atoms. The van der Waals surface area contributed by atoms with Crippen molar-refractivity contribution < 1.29 is 0 Å². The molecular weight excluding hydrogens is 230 g/mol. The molecule has 0 aliphatic heterocycles. The van der Waals surface area contributed by atoms with Gasteiger partial charge in [0, 0.05) is 11.9 Å². The molecule has 0 atom stereocenters. The maximum absolute atomic E-state index is 5.94. The number of hydrogen-bond acceptors (Lipinski definition) is 4. The highest BCUT2D eigenvalue weighted by molar-refractivity contribution is 7.13. The van der Waals surface area contributed by atoms with E-state index < -0.39 is 0 Å². The first-order chi connectivity index (χ1) is 7.29. The highest BCUT2D eigenvalue weighted by Crippen LogP contribution is 2.21. The van der Waals surface area contributed by atoms with Gasteiger partial charge in [-0.3, -0.25) is 4.98 Å². The lowest BCUT2D eigenvalue weighted by Gasteiger charge is -2.01. The van der Waals surface area contributed by atoms with Crippen molar-refractivity contribution in [1.82, 2.24) is 15.0 Å². The molecule has 0 bridgehead atoms. The normalized spacial score (nSPS) is 10.5. The van der Waals surface area contributed by atoms with Gasteiger partial charge < -0.3 is 0 Å². The molecule has 0 N–H and O–H groups in total. The molecule has 2 aromatic rings. The van der Waals surface area contributed by atoms with Gasteiger partial charge in [0.05, 0.1) is 10.4 Å². The monoisotopic (exact) mass is 239 g/mol. The minimum absolute atomic E-state index is 0.497. The molecule has 3 nitrogen and oxygen atoms in total. The van der Waals surface area contributed by atoms with E-state index >= 15 is 0 Å². The Morgan fingerprint density at radius 2 is 2.27 bits per heavy atom. The van der Waals surface area contributed by atoms with E-state index in [0.29, 0.717) is 11.0 Å². The van der Waals surface area contributed by atoms with Crippen LogP contribution in [0.2, 0.25) is 5.15 Å². The van der Waals surface area contributed by atoms with E-state index in [2.05, 4.69) is 21.9 Å². The Morgan fingerprint density at radius 3 is 2.93 bits per heavy atom. The van der Waals surface area contributed by atoms with Gasteiger partial charge in [0.1, 0.15) is 5.15 Å². The second kappa shape index (κ2) is 4.68. The molecule has 2 aromatic heterocycles. The highest BCUT2D eigenvalue weighted by Gasteiger charge is 2.06. The quantitative estimate of drug-likeness (QED) is 0.772. The topological polar surface area (TPSA) is 38.7 Å². The lowest BCUT2D eigenvalue weighted by atomic mass is 10.2. The van der Waals surface area contributed by atoms with Gasteiger partial charge in [0.25, 0.3) is 0 Å². The first-order valence-electron chi connectivity index (χ1n) is 4.72. The molecule has 0 fully saturated rings. The predicted octanol–water partition coefficient (Wildman–Crippen LogP) is 3.21. The third kappa shape index (κ3) is 2.52. The van der Waals surface area contributed by atoms with E-state index in [9.17, 15) is 0 Å². The van der Waals surface area contributed by atoms with E-state index in [4.69, 9.17) is 11.6 Å². The number of thiazole rings is 1. The SMILES string of the molecule is CCCc1cc(Cl)nc(-c2cncs2)n1. The summed E-state index contributed by atoms with van der Waals surface area (Å²) in [6.45, 7) is 2.11. The van der Waals surface area contributed by atoms with Crippen molar-refractivity contribution in [3.05, 3.63) is 28.6 Å². The molecule has 0 saturated carbocycles. The van der Waals surface area contributed by atoms with Gasteiger partial charge >= 0.3 is 0 Å². The number of rotatable bonds is 3. The summed E-state index contributed by atoms with van der Waals surface area (Å²) in [5.41, 5.74) is 2.75. The van der Waals surface area contributed by atoms with Crippen LogP contribution in [0.3, 0.4) is 0 Å². The maximum atomic E-state index is 5.94. The molecule has 2 heterocycles. The van der Waals surface area contributed by atoms with Crippen LogP contribution in [-0.4, -0.2) is 15.0 Å². The smallest absolute Gasteiger partial charge is 0.172 e. The molecule has 0 amide bonds. The van der Waals surface area contributed by atoms with Crippen LogP contribution < -0.4 is 0 Å². The van der Waals surface area contributed by atoms with Crippen LogP contribution in [0, 0.1) is 0 Å². The van der Waals surface area contributed by atoms with Crippen LogP contribution in [0.1, 0.15) is 19.0 Å². The third-order valence-corrected chi connectivity index (χ3v) is 2.87. The van der Waals surface area contributed by atoms with Crippen molar-refractivity contribution >= 4 is 22.9 Å². The van der Waals surface area contributed by atoms with Crippen molar-refractivity contribution in [1.29, 1.82) is 0 Å². The molecule has 15 heavy (non-hydrogen) atoms. The fourth-order valence-electron chi connectivity index (χ4n) is 1.28. The van der Waals surface area contributed by atoms with Gasteiger partial charge in [-0.05, 0) is 12.5 Å². The van der Waals surface area contributed by atoms with Crippen LogP contribution >= 0.6 is 22.9 Å². The third-order valence-electron chi connectivity index (χ3n) is 1.91. The Morgan fingerprint density at radius 1 is 1.40 bits per heavy atom. The van der Waals surface area contributed by atoms with E-state index in [1.807, 2.05) is 6.07 Å². The Bertz CT molecular complexity index is 442. The van der Waals surface area contributed by atoms with Gasteiger partial charge in [-0.1, -0.05) is 24.9 Å². The number of aromatic nitrogens is 3. The fourth-order valence-corrected chi connectivity index (χ4v) is 2.04. The summed E-state index contributed by atoms with van der Waals surface area (Å²) in [6.07, 6.45) is 3.73. The van der Waals surface area contributed by atoms with Gasteiger partial charge in [-0.25, -0.2) is 9.97 Å². The van der Waals surface area contributed by atoms with Gasteiger partial charge in [-0.2, -0.15) is 0 Å². The second-order valence-corrected chi connectivity index (χ2v) is 4.39. The largest absolute Gasteiger partial charge is 0.252 e.